The fourth-order valence-electron chi connectivity index (χ4n) is 2.49. The maximum Gasteiger partial charge on any atom is 0.0586 e. The standard InChI is InChI=1S/C13H27NO/c1-4-5-6-7-11(2)14-12-8-9-13(10-12)15-3/h11-14H,4-10H2,1-3H3. The molecule has 2 heteroatoms. The number of hydrogen-bond donors (Lipinski definition) is 1. The molecule has 15 heavy (non-hydrogen) atoms. The Hall–Kier alpha value is -0.0800. The summed E-state index contributed by atoms with van der Waals surface area (Å²) in [4.78, 5) is 0. The molecular weight excluding hydrogens is 186 g/mol. The summed E-state index contributed by atoms with van der Waals surface area (Å²) < 4.78 is 5.38. The normalized spacial score (nSPS) is 28.2. The third-order valence-corrected chi connectivity index (χ3v) is 3.48. The Kier molecular flexibility index (Phi) is 6.26. The zero-order valence-corrected chi connectivity index (χ0v) is 10.6. The van der Waals surface area contributed by atoms with Crippen LogP contribution in [-0.2, 0) is 4.74 Å². The zero-order chi connectivity index (χ0) is 11.1. The molecule has 0 radical (unpaired) electrons. The highest BCUT2D eigenvalue weighted by molar-refractivity contribution is 4.82. The topological polar surface area (TPSA) is 21.3 Å². The SMILES string of the molecule is CCCCCC(C)NC1CCC(OC)C1. The quantitative estimate of drug-likeness (QED) is 0.656. The molecule has 0 saturated heterocycles. The van der Waals surface area contributed by atoms with Crippen LogP contribution in [0.1, 0.15) is 58.8 Å². The van der Waals surface area contributed by atoms with E-state index in [4.69, 9.17) is 4.74 Å². The minimum atomic E-state index is 0.505. The Morgan fingerprint density at radius 2 is 2.13 bits per heavy atom. The first kappa shape index (κ1) is 13.0. The smallest absolute Gasteiger partial charge is 0.0586 e. The van der Waals surface area contributed by atoms with Crippen molar-refractivity contribution >= 4 is 0 Å². The monoisotopic (exact) mass is 213 g/mol. The lowest BCUT2D eigenvalue weighted by Crippen LogP contribution is -2.35. The van der Waals surface area contributed by atoms with Crippen molar-refractivity contribution in [2.75, 3.05) is 7.11 Å². The van der Waals surface area contributed by atoms with Gasteiger partial charge in [0.15, 0.2) is 0 Å². The van der Waals surface area contributed by atoms with Crippen molar-refractivity contribution in [1.29, 1.82) is 0 Å². The van der Waals surface area contributed by atoms with E-state index in [0.717, 1.165) is 0 Å². The van der Waals surface area contributed by atoms with Gasteiger partial charge in [0.1, 0.15) is 0 Å². The van der Waals surface area contributed by atoms with Crippen LogP contribution in [0.2, 0.25) is 0 Å². The van der Waals surface area contributed by atoms with Gasteiger partial charge in [0, 0.05) is 19.2 Å². The van der Waals surface area contributed by atoms with E-state index < -0.39 is 0 Å². The summed E-state index contributed by atoms with van der Waals surface area (Å²) in [5.41, 5.74) is 0. The van der Waals surface area contributed by atoms with E-state index >= 15 is 0 Å². The molecule has 1 aliphatic carbocycles. The van der Waals surface area contributed by atoms with E-state index in [1.807, 2.05) is 7.11 Å². The molecule has 1 fully saturated rings. The average molecular weight is 213 g/mol. The van der Waals surface area contributed by atoms with Crippen molar-refractivity contribution in [2.24, 2.45) is 0 Å². The molecule has 90 valence electrons. The fourth-order valence-corrected chi connectivity index (χ4v) is 2.49. The predicted molar refractivity (Wildman–Crippen MR) is 65.2 cm³/mol. The molecule has 1 aliphatic rings. The summed E-state index contributed by atoms with van der Waals surface area (Å²) in [6.45, 7) is 4.58. The van der Waals surface area contributed by atoms with Crippen LogP contribution in [0.15, 0.2) is 0 Å². The van der Waals surface area contributed by atoms with Crippen molar-refractivity contribution in [3.05, 3.63) is 0 Å². The van der Waals surface area contributed by atoms with Crippen LogP contribution in [0.5, 0.6) is 0 Å². The van der Waals surface area contributed by atoms with Gasteiger partial charge in [-0.1, -0.05) is 26.2 Å². The number of unbranched alkanes of at least 4 members (excludes halogenated alkanes) is 2. The molecule has 0 aromatic rings. The summed E-state index contributed by atoms with van der Waals surface area (Å²) in [5.74, 6) is 0. The molecule has 0 aromatic carbocycles. The van der Waals surface area contributed by atoms with Crippen molar-refractivity contribution < 1.29 is 4.74 Å². The first-order valence-electron chi connectivity index (χ1n) is 6.55. The molecule has 3 unspecified atom stereocenters. The van der Waals surface area contributed by atoms with Crippen molar-refractivity contribution in [3.63, 3.8) is 0 Å². The Bertz CT molecular complexity index is 161. The maximum atomic E-state index is 5.38. The average Bonchev–Trinajstić information content (AvgIpc) is 2.66. The Morgan fingerprint density at radius 1 is 1.33 bits per heavy atom. The Balaban J connectivity index is 2.07. The lowest BCUT2D eigenvalue weighted by atomic mass is 10.1. The van der Waals surface area contributed by atoms with Gasteiger partial charge in [0.05, 0.1) is 6.10 Å². The molecule has 0 bridgehead atoms. The van der Waals surface area contributed by atoms with E-state index in [-0.39, 0.29) is 0 Å². The highest BCUT2D eigenvalue weighted by Gasteiger charge is 2.24. The van der Waals surface area contributed by atoms with Gasteiger partial charge in [0.25, 0.3) is 0 Å². The molecule has 3 atom stereocenters. The molecule has 2 nitrogen and oxygen atoms in total. The third kappa shape index (κ3) is 4.98. The summed E-state index contributed by atoms with van der Waals surface area (Å²) in [7, 11) is 1.83. The summed E-state index contributed by atoms with van der Waals surface area (Å²) in [6, 6.07) is 1.38. The third-order valence-electron chi connectivity index (χ3n) is 3.48. The highest BCUT2D eigenvalue weighted by Crippen LogP contribution is 2.22. The van der Waals surface area contributed by atoms with Gasteiger partial charge < -0.3 is 10.1 Å². The lowest BCUT2D eigenvalue weighted by Gasteiger charge is -2.19. The van der Waals surface area contributed by atoms with E-state index in [1.165, 1.54) is 44.9 Å². The largest absolute Gasteiger partial charge is 0.381 e. The highest BCUT2D eigenvalue weighted by atomic mass is 16.5. The molecule has 0 amide bonds. The predicted octanol–water partition coefficient (Wildman–Crippen LogP) is 3.11. The second-order valence-electron chi connectivity index (χ2n) is 4.93. The van der Waals surface area contributed by atoms with E-state index in [2.05, 4.69) is 19.2 Å². The second-order valence-corrected chi connectivity index (χ2v) is 4.93. The van der Waals surface area contributed by atoms with Gasteiger partial charge in [-0.15, -0.1) is 0 Å². The van der Waals surface area contributed by atoms with Gasteiger partial charge in [-0.05, 0) is 32.6 Å². The maximum absolute atomic E-state index is 5.38. The molecule has 1 rings (SSSR count). The van der Waals surface area contributed by atoms with Crippen LogP contribution in [0, 0.1) is 0 Å². The van der Waals surface area contributed by atoms with Crippen LogP contribution >= 0.6 is 0 Å². The minimum absolute atomic E-state index is 0.505. The van der Waals surface area contributed by atoms with Gasteiger partial charge in [0.2, 0.25) is 0 Å². The van der Waals surface area contributed by atoms with Gasteiger partial charge >= 0.3 is 0 Å². The van der Waals surface area contributed by atoms with Crippen molar-refractivity contribution in [2.45, 2.75) is 77.0 Å². The van der Waals surface area contributed by atoms with E-state index in [1.54, 1.807) is 0 Å². The van der Waals surface area contributed by atoms with Crippen LogP contribution in [-0.4, -0.2) is 25.3 Å². The van der Waals surface area contributed by atoms with Gasteiger partial charge in [-0.25, -0.2) is 0 Å². The van der Waals surface area contributed by atoms with Gasteiger partial charge in [-0.3, -0.25) is 0 Å². The molecule has 0 heterocycles. The van der Waals surface area contributed by atoms with Crippen LogP contribution in [0.4, 0.5) is 0 Å². The number of ether oxygens (including phenoxy) is 1. The Morgan fingerprint density at radius 3 is 2.73 bits per heavy atom. The van der Waals surface area contributed by atoms with Crippen molar-refractivity contribution in [1.82, 2.24) is 5.32 Å². The summed E-state index contributed by atoms with van der Waals surface area (Å²) >= 11 is 0. The van der Waals surface area contributed by atoms with Crippen molar-refractivity contribution in [3.8, 4) is 0 Å². The molecule has 0 spiro atoms. The number of hydrogen-bond acceptors (Lipinski definition) is 2. The number of methoxy groups -OCH3 is 1. The van der Waals surface area contributed by atoms with Crippen LogP contribution in [0.3, 0.4) is 0 Å². The summed E-state index contributed by atoms with van der Waals surface area (Å²) in [5, 5.41) is 3.72. The Labute approximate surface area is 94.8 Å². The minimum Gasteiger partial charge on any atom is -0.381 e. The summed E-state index contributed by atoms with van der Waals surface area (Å²) in [6.07, 6.45) is 9.61. The number of nitrogens with one attached hydrogen (secondary N) is 1. The second kappa shape index (κ2) is 7.24. The molecule has 0 aliphatic heterocycles. The first-order valence-corrected chi connectivity index (χ1v) is 6.55. The number of rotatable bonds is 7. The zero-order valence-electron chi connectivity index (χ0n) is 10.6. The molecule has 0 aromatic heterocycles. The molecular formula is C13H27NO. The van der Waals surface area contributed by atoms with Gasteiger partial charge in [-0.2, -0.15) is 0 Å². The molecule has 1 N–H and O–H groups in total. The van der Waals surface area contributed by atoms with E-state index in [0.29, 0.717) is 18.2 Å². The first-order chi connectivity index (χ1) is 7.26. The van der Waals surface area contributed by atoms with Crippen LogP contribution in [0.25, 0.3) is 0 Å². The van der Waals surface area contributed by atoms with Crippen LogP contribution < -0.4 is 5.32 Å². The van der Waals surface area contributed by atoms with E-state index in [9.17, 15) is 0 Å². The lowest BCUT2D eigenvalue weighted by molar-refractivity contribution is 0.106. The fraction of sp³-hybridized carbons (Fsp3) is 1.00. The molecule has 1 saturated carbocycles.